The summed E-state index contributed by atoms with van der Waals surface area (Å²) in [7, 11) is 0. The second-order valence-electron chi connectivity index (χ2n) is 3.12. The number of hydrogen-bond acceptors (Lipinski definition) is 2. The van der Waals surface area contributed by atoms with Crippen molar-refractivity contribution in [3.8, 4) is 0 Å². The van der Waals surface area contributed by atoms with Crippen LogP contribution in [0.1, 0.15) is 10.4 Å². The Bertz CT molecular complexity index is 350. The highest BCUT2D eigenvalue weighted by molar-refractivity contribution is 9.10. The first-order chi connectivity index (χ1) is 6.77. The fourth-order valence-corrected chi connectivity index (χ4v) is 2.72. The topological polar surface area (TPSA) is 20.3 Å². The number of halogens is 1. The zero-order chi connectivity index (χ0) is 9.97. The van der Waals surface area contributed by atoms with Crippen molar-refractivity contribution in [2.75, 3.05) is 18.2 Å². The molecule has 1 heterocycles. The van der Waals surface area contributed by atoms with Crippen LogP contribution in [0, 0.1) is 0 Å². The molecule has 14 heavy (non-hydrogen) atoms. The second-order valence-corrected chi connectivity index (χ2v) is 5.11. The summed E-state index contributed by atoms with van der Waals surface area (Å²) in [5.41, 5.74) is 0.766. The molecule has 1 aliphatic rings. The van der Waals surface area contributed by atoms with Gasteiger partial charge in [-0.05, 0) is 18.2 Å². The summed E-state index contributed by atoms with van der Waals surface area (Å²) in [6, 6.07) is 7.54. The molecule has 1 saturated heterocycles. The van der Waals surface area contributed by atoms with Crippen molar-refractivity contribution in [2.24, 2.45) is 0 Å². The molecule has 1 aromatic carbocycles. The molecule has 0 spiro atoms. The predicted octanol–water partition coefficient (Wildman–Crippen LogP) is 2.60. The van der Waals surface area contributed by atoms with E-state index in [1.54, 1.807) is 11.8 Å². The lowest BCUT2D eigenvalue weighted by molar-refractivity contribution is 0.0802. The van der Waals surface area contributed by atoms with Gasteiger partial charge in [0, 0.05) is 22.3 Å². The fraction of sp³-hybridized carbons (Fsp3) is 0.300. The van der Waals surface area contributed by atoms with Gasteiger partial charge in [-0.2, -0.15) is 0 Å². The van der Waals surface area contributed by atoms with Crippen molar-refractivity contribution in [3.63, 3.8) is 0 Å². The summed E-state index contributed by atoms with van der Waals surface area (Å²) in [4.78, 5) is 13.8. The summed E-state index contributed by atoms with van der Waals surface area (Å²) in [6.07, 6.45) is 0. The lowest BCUT2D eigenvalue weighted by Gasteiger charge is -2.14. The summed E-state index contributed by atoms with van der Waals surface area (Å²) >= 11 is 5.17. The van der Waals surface area contributed by atoms with Gasteiger partial charge in [-0.1, -0.05) is 22.0 Å². The highest BCUT2D eigenvalue weighted by Gasteiger charge is 2.19. The molecular formula is C10H10BrNOS. The Kier molecular flexibility index (Phi) is 3.13. The van der Waals surface area contributed by atoms with Gasteiger partial charge in [0.15, 0.2) is 0 Å². The van der Waals surface area contributed by atoms with E-state index in [0.717, 1.165) is 28.2 Å². The van der Waals surface area contributed by atoms with E-state index in [0.29, 0.717) is 0 Å². The van der Waals surface area contributed by atoms with Crippen LogP contribution in [0.2, 0.25) is 0 Å². The molecule has 0 saturated carbocycles. The van der Waals surface area contributed by atoms with Gasteiger partial charge in [-0.15, -0.1) is 11.8 Å². The monoisotopic (exact) mass is 271 g/mol. The van der Waals surface area contributed by atoms with Crippen LogP contribution in [-0.2, 0) is 0 Å². The van der Waals surface area contributed by atoms with Crippen molar-refractivity contribution in [2.45, 2.75) is 0 Å². The van der Waals surface area contributed by atoms with Crippen molar-refractivity contribution < 1.29 is 4.79 Å². The molecule has 0 aliphatic carbocycles. The first-order valence-corrected chi connectivity index (χ1v) is 6.35. The zero-order valence-corrected chi connectivity index (χ0v) is 9.97. The maximum atomic E-state index is 11.9. The molecule has 1 fully saturated rings. The van der Waals surface area contributed by atoms with Crippen LogP contribution in [0.4, 0.5) is 0 Å². The number of thioether (sulfide) groups is 1. The molecule has 2 nitrogen and oxygen atoms in total. The molecule has 1 aliphatic heterocycles. The molecule has 0 aromatic heterocycles. The lowest BCUT2D eigenvalue weighted by Crippen LogP contribution is -2.27. The van der Waals surface area contributed by atoms with Crippen LogP contribution in [0.15, 0.2) is 28.7 Å². The normalized spacial score (nSPS) is 15.9. The van der Waals surface area contributed by atoms with Crippen LogP contribution in [-0.4, -0.2) is 29.0 Å². The third-order valence-electron chi connectivity index (χ3n) is 2.11. The van der Waals surface area contributed by atoms with Gasteiger partial charge < -0.3 is 4.90 Å². The first-order valence-electron chi connectivity index (χ1n) is 4.40. The molecule has 2 rings (SSSR count). The van der Waals surface area contributed by atoms with Crippen LogP contribution in [0.3, 0.4) is 0 Å². The van der Waals surface area contributed by atoms with Crippen molar-refractivity contribution in [1.29, 1.82) is 0 Å². The van der Waals surface area contributed by atoms with E-state index in [1.165, 1.54) is 0 Å². The highest BCUT2D eigenvalue weighted by atomic mass is 79.9. The molecule has 1 aromatic rings. The van der Waals surface area contributed by atoms with Gasteiger partial charge in [0.1, 0.15) is 0 Å². The minimum atomic E-state index is 0.135. The number of carbonyl (C=O) groups is 1. The third kappa shape index (κ3) is 2.12. The molecule has 1 amide bonds. The largest absolute Gasteiger partial charge is 0.329 e. The average Bonchev–Trinajstić information content (AvgIpc) is 2.69. The third-order valence-corrected chi connectivity index (χ3v) is 3.57. The van der Waals surface area contributed by atoms with Crippen LogP contribution < -0.4 is 0 Å². The zero-order valence-electron chi connectivity index (χ0n) is 7.57. The van der Waals surface area contributed by atoms with Crippen molar-refractivity contribution >= 4 is 33.6 Å². The molecular weight excluding hydrogens is 262 g/mol. The van der Waals surface area contributed by atoms with Gasteiger partial charge in [-0.3, -0.25) is 4.79 Å². The number of amides is 1. The Labute approximate surface area is 95.8 Å². The van der Waals surface area contributed by atoms with Crippen LogP contribution in [0.25, 0.3) is 0 Å². The minimum Gasteiger partial charge on any atom is -0.329 e. The average molecular weight is 272 g/mol. The van der Waals surface area contributed by atoms with Crippen LogP contribution in [0.5, 0.6) is 0 Å². The highest BCUT2D eigenvalue weighted by Crippen LogP contribution is 2.18. The molecule has 4 heteroatoms. The standard InChI is InChI=1S/C10H10BrNOS/c11-9-3-1-2-8(6-9)10(13)12-4-5-14-7-12/h1-3,6H,4-5,7H2. The summed E-state index contributed by atoms with van der Waals surface area (Å²) < 4.78 is 0.954. The minimum absolute atomic E-state index is 0.135. The van der Waals surface area contributed by atoms with Gasteiger partial charge >= 0.3 is 0 Å². The van der Waals surface area contributed by atoms with Crippen molar-refractivity contribution in [1.82, 2.24) is 4.90 Å². The van der Waals surface area contributed by atoms with Gasteiger partial charge in [0.2, 0.25) is 0 Å². The van der Waals surface area contributed by atoms with E-state index in [-0.39, 0.29) is 5.91 Å². The van der Waals surface area contributed by atoms with Gasteiger partial charge in [0.25, 0.3) is 5.91 Å². The van der Waals surface area contributed by atoms with Crippen LogP contribution >= 0.6 is 27.7 Å². The smallest absolute Gasteiger partial charge is 0.254 e. The first kappa shape index (κ1) is 10.1. The number of hydrogen-bond donors (Lipinski definition) is 0. The SMILES string of the molecule is O=C(c1cccc(Br)c1)N1CCSC1. The number of nitrogens with zero attached hydrogens (tertiary/aromatic N) is 1. The predicted molar refractivity (Wildman–Crippen MR) is 62.5 cm³/mol. The fourth-order valence-electron chi connectivity index (χ4n) is 1.38. The summed E-state index contributed by atoms with van der Waals surface area (Å²) in [6.45, 7) is 0.871. The molecule has 0 unspecified atom stereocenters. The Balaban J connectivity index is 2.17. The number of rotatable bonds is 1. The molecule has 74 valence electrons. The molecule has 0 N–H and O–H groups in total. The Morgan fingerprint density at radius 3 is 3.00 bits per heavy atom. The van der Waals surface area contributed by atoms with E-state index < -0.39 is 0 Å². The molecule has 0 bridgehead atoms. The Hall–Kier alpha value is -0.480. The number of carbonyl (C=O) groups excluding carboxylic acids is 1. The maximum absolute atomic E-state index is 11.9. The van der Waals surface area contributed by atoms with Gasteiger partial charge in [0.05, 0.1) is 5.88 Å². The van der Waals surface area contributed by atoms with E-state index in [2.05, 4.69) is 15.9 Å². The Morgan fingerprint density at radius 2 is 2.36 bits per heavy atom. The summed E-state index contributed by atoms with van der Waals surface area (Å²) in [5.74, 6) is 2.02. The maximum Gasteiger partial charge on any atom is 0.254 e. The molecule has 0 radical (unpaired) electrons. The van der Waals surface area contributed by atoms with E-state index >= 15 is 0 Å². The summed E-state index contributed by atoms with van der Waals surface area (Å²) in [5, 5.41) is 0. The van der Waals surface area contributed by atoms with Crippen molar-refractivity contribution in [3.05, 3.63) is 34.3 Å². The Morgan fingerprint density at radius 1 is 1.50 bits per heavy atom. The second kappa shape index (κ2) is 4.36. The lowest BCUT2D eigenvalue weighted by atomic mass is 10.2. The van der Waals surface area contributed by atoms with E-state index in [9.17, 15) is 4.79 Å². The molecule has 0 atom stereocenters. The van der Waals surface area contributed by atoms with E-state index in [1.807, 2.05) is 29.2 Å². The quantitative estimate of drug-likeness (QED) is 0.783. The van der Waals surface area contributed by atoms with E-state index in [4.69, 9.17) is 0 Å². The number of benzene rings is 1. The van der Waals surface area contributed by atoms with Gasteiger partial charge in [-0.25, -0.2) is 0 Å².